The molecule has 13 heavy (non-hydrogen) atoms. The van der Waals surface area contributed by atoms with E-state index in [1.165, 1.54) is 5.56 Å². The summed E-state index contributed by atoms with van der Waals surface area (Å²) in [5, 5.41) is 3.12. The Labute approximate surface area is 79.5 Å². The van der Waals surface area contributed by atoms with Gasteiger partial charge in [-0.3, -0.25) is 0 Å². The zero-order valence-electron chi connectivity index (χ0n) is 7.74. The molecule has 0 aromatic heterocycles. The molecular formula is C11H16N2. The largest absolute Gasteiger partial charge is 0.387 e. The third-order valence-electron chi connectivity index (χ3n) is 1.96. The van der Waals surface area contributed by atoms with Gasteiger partial charge in [0.25, 0.3) is 0 Å². The van der Waals surface area contributed by atoms with Crippen molar-refractivity contribution in [2.45, 2.75) is 12.5 Å². The van der Waals surface area contributed by atoms with E-state index in [9.17, 15) is 0 Å². The molecule has 2 heteroatoms. The minimum absolute atomic E-state index is 0.292. The van der Waals surface area contributed by atoms with Gasteiger partial charge < -0.3 is 11.1 Å². The number of benzene rings is 1. The van der Waals surface area contributed by atoms with Crippen LogP contribution in [0.15, 0.2) is 43.1 Å². The molecule has 0 saturated carbocycles. The van der Waals surface area contributed by atoms with Gasteiger partial charge in [0.2, 0.25) is 0 Å². The van der Waals surface area contributed by atoms with Crippen LogP contribution in [0.25, 0.3) is 0 Å². The summed E-state index contributed by atoms with van der Waals surface area (Å²) in [6.07, 6.45) is 2.64. The summed E-state index contributed by atoms with van der Waals surface area (Å²) >= 11 is 0. The normalized spacial score (nSPS) is 12.1. The highest BCUT2D eigenvalue weighted by atomic mass is 14.9. The fraction of sp³-hybridized carbons (Fsp3) is 0.273. The molecule has 1 atom stereocenters. The average Bonchev–Trinajstić information content (AvgIpc) is 2.19. The Kier molecular flexibility index (Phi) is 4.06. The third kappa shape index (κ3) is 3.30. The first-order chi connectivity index (χ1) is 6.36. The molecule has 1 aromatic carbocycles. The molecule has 0 aliphatic heterocycles. The molecule has 0 aliphatic rings. The van der Waals surface area contributed by atoms with Crippen molar-refractivity contribution in [1.29, 1.82) is 0 Å². The highest BCUT2D eigenvalue weighted by Gasteiger charge is 2.03. The first kappa shape index (κ1) is 9.81. The highest BCUT2D eigenvalue weighted by molar-refractivity contribution is 5.16. The van der Waals surface area contributed by atoms with Gasteiger partial charge >= 0.3 is 0 Å². The van der Waals surface area contributed by atoms with E-state index in [1.807, 2.05) is 18.2 Å². The van der Waals surface area contributed by atoms with Crippen LogP contribution in [0, 0.1) is 0 Å². The summed E-state index contributed by atoms with van der Waals surface area (Å²) < 4.78 is 0. The number of hydrogen-bond acceptors (Lipinski definition) is 2. The molecule has 2 nitrogen and oxygen atoms in total. The second-order valence-electron chi connectivity index (χ2n) is 2.99. The van der Waals surface area contributed by atoms with Gasteiger partial charge in [-0.15, -0.1) is 0 Å². The number of hydrogen-bond donors (Lipinski definition) is 2. The van der Waals surface area contributed by atoms with Crippen LogP contribution in [-0.4, -0.2) is 12.6 Å². The van der Waals surface area contributed by atoms with Gasteiger partial charge in [-0.25, -0.2) is 0 Å². The van der Waals surface area contributed by atoms with Gasteiger partial charge in [0.15, 0.2) is 0 Å². The highest BCUT2D eigenvalue weighted by Crippen LogP contribution is 2.02. The maximum Gasteiger partial charge on any atom is 0.0418 e. The van der Waals surface area contributed by atoms with Crippen LogP contribution in [-0.2, 0) is 6.42 Å². The summed E-state index contributed by atoms with van der Waals surface area (Å²) in [5.74, 6) is 0. The first-order valence-corrected chi connectivity index (χ1v) is 4.47. The smallest absolute Gasteiger partial charge is 0.0418 e. The number of nitrogens with one attached hydrogen (secondary N) is 1. The Bertz CT molecular complexity index is 244. The van der Waals surface area contributed by atoms with Crippen LogP contribution in [0.3, 0.4) is 0 Å². The molecule has 0 amide bonds. The lowest BCUT2D eigenvalue weighted by molar-refractivity contribution is 0.593. The van der Waals surface area contributed by atoms with Crippen LogP contribution >= 0.6 is 0 Å². The lowest BCUT2D eigenvalue weighted by Crippen LogP contribution is -2.34. The molecule has 0 spiro atoms. The fourth-order valence-corrected chi connectivity index (χ4v) is 1.28. The minimum Gasteiger partial charge on any atom is -0.387 e. The minimum atomic E-state index is 0.292. The van der Waals surface area contributed by atoms with E-state index < -0.39 is 0 Å². The lowest BCUT2D eigenvalue weighted by atomic mass is 10.1. The predicted molar refractivity (Wildman–Crippen MR) is 56.3 cm³/mol. The molecule has 0 radical (unpaired) electrons. The van der Waals surface area contributed by atoms with Gasteiger partial charge in [-0.05, 0) is 18.2 Å². The maximum absolute atomic E-state index is 5.60. The van der Waals surface area contributed by atoms with Crippen LogP contribution < -0.4 is 11.1 Å². The number of nitrogens with two attached hydrogens (primary N) is 1. The molecule has 0 bridgehead atoms. The van der Waals surface area contributed by atoms with E-state index in [0.717, 1.165) is 6.42 Å². The summed E-state index contributed by atoms with van der Waals surface area (Å²) in [4.78, 5) is 0. The second-order valence-corrected chi connectivity index (χ2v) is 2.99. The standard InChI is InChI=1S/C11H16N2/c1-2-13-11(9-12)8-10-6-4-3-5-7-10/h2-7,11,13H,1,8-9,12H2. The maximum atomic E-state index is 5.60. The Morgan fingerprint density at radius 2 is 2.08 bits per heavy atom. The van der Waals surface area contributed by atoms with Gasteiger partial charge in [0.05, 0.1) is 0 Å². The summed E-state index contributed by atoms with van der Waals surface area (Å²) in [6.45, 7) is 4.25. The van der Waals surface area contributed by atoms with Gasteiger partial charge in [0.1, 0.15) is 0 Å². The third-order valence-corrected chi connectivity index (χ3v) is 1.96. The van der Waals surface area contributed by atoms with E-state index in [1.54, 1.807) is 6.20 Å². The molecular weight excluding hydrogens is 160 g/mol. The van der Waals surface area contributed by atoms with E-state index in [0.29, 0.717) is 12.6 Å². The van der Waals surface area contributed by atoms with E-state index in [-0.39, 0.29) is 0 Å². The molecule has 0 aliphatic carbocycles. The van der Waals surface area contributed by atoms with Gasteiger partial charge in [-0.1, -0.05) is 36.9 Å². The Balaban J connectivity index is 2.51. The van der Waals surface area contributed by atoms with Crippen molar-refractivity contribution in [1.82, 2.24) is 5.32 Å². The molecule has 0 fully saturated rings. The van der Waals surface area contributed by atoms with E-state index in [2.05, 4.69) is 24.0 Å². The Morgan fingerprint density at radius 1 is 1.38 bits per heavy atom. The van der Waals surface area contributed by atoms with Crippen molar-refractivity contribution < 1.29 is 0 Å². The van der Waals surface area contributed by atoms with Crippen molar-refractivity contribution in [2.75, 3.05) is 6.54 Å². The molecule has 3 N–H and O–H groups in total. The van der Waals surface area contributed by atoms with Crippen molar-refractivity contribution in [2.24, 2.45) is 5.73 Å². The molecule has 0 saturated heterocycles. The lowest BCUT2D eigenvalue weighted by Gasteiger charge is -2.14. The second kappa shape index (κ2) is 5.38. The van der Waals surface area contributed by atoms with Crippen LogP contribution in [0.2, 0.25) is 0 Å². The van der Waals surface area contributed by atoms with Crippen molar-refractivity contribution in [3.05, 3.63) is 48.7 Å². The first-order valence-electron chi connectivity index (χ1n) is 4.47. The molecule has 0 heterocycles. The summed E-state index contributed by atoms with van der Waals surface area (Å²) in [6, 6.07) is 10.6. The topological polar surface area (TPSA) is 38.0 Å². The Morgan fingerprint density at radius 3 is 2.62 bits per heavy atom. The van der Waals surface area contributed by atoms with Crippen LogP contribution in [0.5, 0.6) is 0 Å². The van der Waals surface area contributed by atoms with Crippen LogP contribution in [0.4, 0.5) is 0 Å². The van der Waals surface area contributed by atoms with Crippen molar-refractivity contribution in [3.8, 4) is 0 Å². The van der Waals surface area contributed by atoms with Gasteiger partial charge in [-0.2, -0.15) is 0 Å². The fourth-order valence-electron chi connectivity index (χ4n) is 1.28. The quantitative estimate of drug-likeness (QED) is 0.709. The predicted octanol–water partition coefficient (Wildman–Crippen LogP) is 1.29. The number of rotatable bonds is 5. The van der Waals surface area contributed by atoms with E-state index >= 15 is 0 Å². The molecule has 1 aromatic rings. The molecule has 70 valence electrons. The zero-order chi connectivity index (χ0) is 9.52. The zero-order valence-corrected chi connectivity index (χ0v) is 7.74. The van der Waals surface area contributed by atoms with Gasteiger partial charge in [0, 0.05) is 12.6 Å². The van der Waals surface area contributed by atoms with Crippen molar-refractivity contribution in [3.63, 3.8) is 0 Å². The van der Waals surface area contributed by atoms with Crippen LogP contribution in [0.1, 0.15) is 5.56 Å². The Hall–Kier alpha value is -1.28. The van der Waals surface area contributed by atoms with E-state index in [4.69, 9.17) is 5.73 Å². The van der Waals surface area contributed by atoms with Crippen molar-refractivity contribution >= 4 is 0 Å². The SMILES string of the molecule is C=CNC(CN)Cc1ccccc1. The molecule has 1 unspecified atom stereocenters. The average molecular weight is 176 g/mol. The molecule has 1 rings (SSSR count). The summed E-state index contributed by atoms with van der Waals surface area (Å²) in [5.41, 5.74) is 6.89. The monoisotopic (exact) mass is 176 g/mol. The summed E-state index contributed by atoms with van der Waals surface area (Å²) in [7, 11) is 0.